The molecule has 1 radical (unpaired) electrons. The van der Waals surface area contributed by atoms with Crippen LogP contribution >= 0.6 is 11.6 Å². The molecule has 1 saturated carbocycles. The van der Waals surface area contributed by atoms with Gasteiger partial charge in [0.15, 0.2) is 5.79 Å². The minimum absolute atomic E-state index is 0.0167. The lowest BCUT2D eigenvalue weighted by molar-refractivity contribution is -0.166. The molecule has 3 heteroatoms. The van der Waals surface area contributed by atoms with Gasteiger partial charge in [-0.05, 0) is 31.4 Å². The van der Waals surface area contributed by atoms with Gasteiger partial charge in [0.25, 0.3) is 0 Å². The fraction of sp³-hybridized carbons (Fsp3) is 0.533. The van der Waals surface area contributed by atoms with E-state index in [9.17, 15) is 0 Å². The molecular formula is C15H18ClO2. The average Bonchev–Trinajstić information content (AvgIpc) is 2.91. The van der Waals surface area contributed by atoms with Gasteiger partial charge >= 0.3 is 0 Å². The maximum Gasteiger partial charge on any atom is 0.169 e. The molecule has 18 heavy (non-hydrogen) atoms. The molecule has 2 aliphatic rings. The highest BCUT2D eigenvalue weighted by Gasteiger charge is 2.47. The molecule has 2 atom stereocenters. The number of hydrogen-bond donors (Lipinski definition) is 0. The Labute approximate surface area is 113 Å². The van der Waals surface area contributed by atoms with E-state index in [2.05, 4.69) is 6.92 Å². The summed E-state index contributed by atoms with van der Waals surface area (Å²) < 4.78 is 12.1. The van der Waals surface area contributed by atoms with Crippen LogP contribution < -0.4 is 0 Å². The van der Waals surface area contributed by atoms with Gasteiger partial charge in [-0.1, -0.05) is 29.8 Å². The smallest absolute Gasteiger partial charge is 0.169 e. The van der Waals surface area contributed by atoms with Crippen molar-refractivity contribution in [2.75, 3.05) is 0 Å². The van der Waals surface area contributed by atoms with Crippen molar-refractivity contribution in [3.05, 3.63) is 41.8 Å². The van der Waals surface area contributed by atoms with E-state index in [4.69, 9.17) is 21.1 Å². The monoisotopic (exact) mass is 265 g/mol. The highest BCUT2D eigenvalue weighted by Crippen LogP contribution is 2.42. The molecule has 1 heterocycles. The van der Waals surface area contributed by atoms with Crippen molar-refractivity contribution in [3.8, 4) is 0 Å². The number of benzene rings is 1. The van der Waals surface area contributed by atoms with Crippen LogP contribution in [0.4, 0.5) is 0 Å². The van der Waals surface area contributed by atoms with Crippen LogP contribution in [0.5, 0.6) is 0 Å². The summed E-state index contributed by atoms with van der Waals surface area (Å²) in [6.45, 7) is 4.07. The van der Waals surface area contributed by atoms with E-state index in [-0.39, 0.29) is 18.0 Å². The molecular weight excluding hydrogens is 248 g/mol. The van der Waals surface area contributed by atoms with Crippen molar-refractivity contribution >= 4 is 11.6 Å². The molecule has 0 aromatic heterocycles. The Morgan fingerprint density at radius 3 is 2.67 bits per heavy atom. The number of halogens is 1. The summed E-state index contributed by atoms with van der Waals surface area (Å²) in [6.07, 6.45) is 5.06. The molecule has 2 fully saturated rings. The van der Waals surface area contributed by atoms with Crippen LogP contribution in [0.3, 0.4) is 0 Å². The highest BCUT2D eigenvalue weighted by atomic mass is 35.5. The van der Waals surface area contributed by atoms with Crippen LogP contribution in [0, 0.1) is 6.92 Å². The predicted molar refractivity (Wildman–Crippen MR) is 71.5 cm³/mol. The van der Waals surface area contributed by atoms with Gasteiger partial charge in [0, 0.05) is 24.3 Å². The first-order chi connectivity index (χ1) is 8.69. The Balaban J connectivity index is 1.72. The molecule has 1 aliphatic carbocycles. The summed E-state index contributed by atoms with van der Waals surface area (Å²) in [4.78, 5) is 0. The van der Waals surface area contributed by atoms with E-state index in [0.29, 0.717) is 0 Å². The molecule has 1 saturated heterocycles. The summed E-state index contributed by atoms with van der Waals surface area (Å²) in [6, 6.07) is 7.90. The minimum atomic E-state index is -0.349. The summed E-state index contributed by atoms with van der Waals surface area (Å²) in [5, 5.41) is 0.792. The van der Waals surface area contributed by atoms with Gasteiger partial charge in [-0.2, -0.15) is 0 Å². The third-order valence-electron chi connectivity index (χ3n) is 3.89. The van der Waals surface area contributed by atoms with Gasteiger partial charge < -0.3 is 9.47 Å². The lowest BCUT2D eigenvalue weighted by atomic mass is 10.0. The molecule has 0 amide bonds. The van der Waals surface area contributed by atoms with Crippen LogP contribution in [0.1, 0.15) is 31.2 Å². The largest absolute Gasteiger partial charge is 0.344 e. The Kier molecular flexibility index (Phi) is 3.35. The lowest BCUT2D eigenvalue weighted by Crippen LogP contribution is -2.27. The Morgan fingerprint density at radius 2 is 1.94 bits per heavy atom. The van der Waals surface area contributed by atoms with E-state index < -0.39 is 0 Å². The highest BCUT2D eigenvalue weighted by molar-refractivity contribution is 6.31. The van der Waals surface area contributed by atoms with Gasteiger partial charge in [0.1, 0.15) is 0 Å². The molecule has 3 rings (SSSR count). The topological polar surface area (TPSA) is 18.5 Å². The fourth-order valence-corrected chi connectivity index (χ4v) is 3.15. The first-order valence-electron chi connectivity index (χ1n) is 6.61. The molecule has 1 aliphatic heterocycles. The predicted octanol–water partition coefficient (Wildman–Crippen LogP) is 3.77. The zero-order chi connectivity index (χ0) is 12.6. The van der Waals surface area contributed by atoms with Crippen molar-refractivity contribution in [1.29, 1.82) is 0 Å². The van der Waals surface area contributed by atoms with E-state index in [0.717, 1.165) is 29.8 Å². The van der Waals surface area contributed by atoms with Crippen LogP contribution in [-0.2, 0) is 15.9 Å². The van der Waals surface area contributed by atoms with Gasteiger partial charge in [0.05, 0.1) is 12.2 Å². The molecule has 1 aromatic rings. The first kappa shape index (κ1) is 12.5. The van der Waals surface area contributed by atoms with Gasteiger partial charge in [-0.25, -0.2) is 0 Å². The minimum Gasteiger partial charge on any atom is -0.344 e. The van der Waals surface area contributed by atoms with Crippen molar-refractivity contribution in [3.63, 3.8) is 0 Å². The molecule has 1 spiro atoms. The van der Waals surface area contributed by atoms with E-state index >= 15 is 0 Å². The van der Waals surface area contributed by atoms with Crippen LogP contribution in [0.25, 0.3) is 0 Å². The Hall–Kier alpha value is -0.570. The molecule has 1 aromatic carbocycles. The standard InChI is InChI=1S/C15H18ClO2/c1-11-14(10-12-6-2-3-7-13(12)16)18-15(17-11)8-4-5-9-15/h2-3,6-7,11,14H,1,4-5,8-10H2/t11-,14-/m0/s1. The van der Waals surface area contributed by atoms with Crippen LogP contribution in [-0.4, -0.2) is 18.0 Å². The van der Waals surface area contributed by atoms with Crippen molar-refractivity contribution in [1.82, 2.24) is 0 Å². The summed E-state index contributed by atoms with van der Waals surface area (Å²) in [5.74, 6) is -0.349. The average molecular weight is 266 g/mol. The Bertz CT molecular complexity index is 426. The van der Waals surface area contributed by atoms with Gasteiger partial charge in [-0.15, -0.1) is 0 Å². The number of hydrogen-bond acceptors (Lipinski definition) is 2. The molecule has 2 nitrogen and oxygen atoms in total. The fourth-order valence-electron chi connectivity index (χ4n) is 2.93. The second-order valence-electron chi connectivity index (χ2n) is 5.23. The molecule has 0 N–H and O–H groups in total. The summed E-state index contributed by atoms with van der Waals surface area (Å²) in [7, 11) is 0. The third kappa shape index (κ3) is 2.29. The van der Waals surface area contributed by atoms with E-state index in [1.807, 2.05) is 24.3 Å². The molecule has 0 unspecified atom stereocenters. The van der Waals surface area contributed by atoms with Crippen LogP contribution in [0.15, 0.2) is 24.3 Å². The van der Waals surface area contributed by atoms with Crippen LogP contribution in [0.2, 0.25) is 5.02 Å². The van der Waals surface area contributed by atoms with E-state index in [1.54, 1.807) is 0 Å². The molecule has 0 bridgehead atoms. The SMILES string of the molecule is [CH2][C@@H]1OC2(CCCC2)O[C@H]1Cc1ccccc1Cl. The Morgan fingerprint density at radius 1 is 1.22 bits per heavy atom. The zero-order valence-electron chi connectivity index (χ0n) is 10.4. The third-order valence-corrected chi connectivity index (χ3v) is 4.26. The zero-order valence-corrected chi connectivity index (χ0v) is 11.2. The normalized spacial score (nSPS) is 30.1. The maximum absolute atomic E-state index is 6.18. The first-order valence-corrected chi connectivity index (χ1v) is 6.98. The quantitative estimate of drug-likeness (QED) is 0.810. The van der Waals surface area contributed by atoms with E-state index in [1.165, 1.54) is 12.8 Å². The summed E-state index contributed by atoms with van der Waals surface area (Å²) in [5.41, 5.74) is 1.11. The van der Waals surface area contributed by atoms with Crippen molar-refractivity contribution in [2.24, 2.45) is 0 Å². The van der Waals surface area contributed by atoms with Crippen molar-refractivity contribution < 1.29 is 9.47 Å². The number of rotatable bonds is 2. The van der Waals surface area contributed by atoms with Gasteiger partial charge in [0.2, 0.25) is 0 Å². The van der Waals surface area contributed by atoms with Gasteiger partial charge in [-0.3, -0.25) is 0 Å². The second kappa shape index (κ2) is 4.84. The summed E-state index contributed by atoms with van der Waals surface area (Å²) >= 11 is 6.18. The number of ether oxygens (including phenoxy) is 2. The van der Waals surface area contributed by atoms with Crippen molar-refractivity contribution in [2.45, 2.75) is 50.1 Å². The molecule has 97 valence electrons. The lowest BCUT2D eigenvalue weighted by Gasteiger charge is -2.22. The maximum atomic E-state index is 6.18. The second-order valence-corrected chi connectivity index (χ2v) is 5.63.